The van der Waals surface area contributed by atoms with Crippen LogP contribution in [0.3, 0.4) is 0 Å². The van der Waals surface area contributed by atoms with Gasteiger partial charge >= 0.3 is 0 Å². The Morgan fingerprint density at radius 1 is 1.00 bits per heavy atom. The predicted octanol–water partition coefficient (Wildman–Crippen LogP) is 6.27. The first-order valence-corrected chi connectivity index (χ1v) is 9.92. The fraction of sp³-hybridized carbons (Fsp3) is 0. The highest BCUT2D eigenvalue weighted by Crippen LogP contribution is 2.35. The molecule has 0 bridgehead atoms. The number of hydrogen-bond donors (Lipinski definition) is 1. The normalized spacial score (nSPS) is 10.3. The average molecular weight is 394 g/mol. The molecule has 1 amide bonds. The van der Waals surface area contributed by atoms with Crippen LogP contribution in [0, 0.1) is 11.8 Å². The van der Waals surface area contributed by atoms with Gasteiger partial charge in [0.05, 0.1) is 9.90 Å². The number of carbonyl (C=O) groups excluding carboxylic acids is 1. The van der Waals surface area contributed by atoms with Crippen LogP contribution in [-0.4, -0.2) is 5.91 Å². The van der Waals surface area contributed by atoms with Crippen LogP contribution in [0.2, 0.25) is 5.02 Å². The Balaban J connectivity index is 1.57. The fourth-order valence-corrected chi connectivity index (χ4v) is 4.49. The topological polar surface area (TPSA) is 29.1 Å². The van der Waals surface area contributed by atoms with Crippen LogP contribution in [0.5, 0.6) is 0 Å². The second kappa shape index (κ2) is 7.35. The summed E-state index contributed by atoms with van der Waals surface area (Å²) in [6.07, 6.45) is 0. The number of nitrogens with one attached hydrogen (secondary N) is 1. The van der Waals surface area contributed by atoms with Crippen molar-refractivity contribution in [2.75, 3.05) is 5.32 Å². The summed E-state index contributed by atoms with van der Waals surface area (Å²) < 4.78 is 0.998. The molecule has 0 unspecified atom stereocenters. The molecule has 0 spiro atoms. The summed E-state index contributed by atoms with van der Waals surface area (Å²) >= 11 is 9.38. The summed E-state index contributed by atoms with van der Waals surface area (Å²) in [6, 6.07) is 19.2. The SMILES string of the molecule is O=C(Nc1cccc(C#Cc2cccs2)c1)c1sc2ccccc2c1Cl. The van der Waals surface area contributed by atoms with E-state index in [1.165, 1.54) is 11.3 Å². The molecule has 2 nitrogen and oxygen atoms in total. The van der Waals surface area contributed by atoms with Crippen molar-refractivity contribution in [2.45, 2.75) is 0 Å². The van der Waals surface area contributed by atoms with E-state index in [1.54, 1.807) is 11.3 Å². The number of fused-ring (bicyclic) bond motifs is 1. The van der Waals surface area contributed by atoms with Gasteiger partial charge in [-0.2, -0.15) is 0 Å². The van der Waals surface area contributed by atoms with Gasteiger partial charge in [-0.3, -0.25) is 4.79 Å². The van der Waals surface area contributed by atoms with Gasteiger partial charge in [0, 0.05) is 21.3 Å². The third-order valence-electron chi connectivity index (χ3n) is 3.71. The Morgan fingerprint density at radius 2 is 1.88 bits per heavy atom. The number of benzene rings is 2. The van der Waals surface area contributed by atoms with Crippen molar-refractivity contribution in [3.8, 4) is 11.8 Å². The Kier molecular flexibility index (Phi) is 4.77. The quantitative estimate of drug-likeness (QED) is 0.399. The van der Waals surface area contributed by atoms with E-state index in [9.17, 15) is 4.79 Å². The maximum absolute atomic E-state index is 12.6. The van der Waals surface area contributed by atoms with Crippen molar-refractivity contribution in [2.24, 2.45) is 0 Å². The molecule has 0 aliphatic rings. The van der Waals surface area contributed by atoms with Gasteiger partial charge in [0.2, 0.25) is 0 Å². The second-order valence-corrected chi connectivity index (χ2v) is 7.88. The summed E-state index contributed by atoms with van der Waals surface area (Å²) in [5.41, 5.74) is 1.54. The van der Waals surface area contributed by atoms with E-state index < -0.39 is 0 Å². The lowest BCUT2D eigenvalue weighted by atomic mass is 10.2. The molecule has 126 valence electrons. The zero-order valence-electron chi connectivity index (χ0n) is 13.5. The molecule has 2 heterocycles. The van der Waals surface area contributed by atoms with Crippen molar-refractivity contribution in [1.29, 1.82) is 0 Å². The minimum absolute atomic E-state index is 0.209. The lowest BCUT2D eigenvalue weighted by molar-refractivity contribution is 0.103. The molecule has 0 saturated heterocycles. The first kappa shape index (κ1) is 16.9. The van der Waals surface area contributed by atoms with Crippen molar-refractivity contribution < 1.29 is 4.79 Å². The van der Waals surface area contributed by atoms with E-state index in [4.69, 9.17) is 11.6 Å². The minimum Gasteiger partial charge on any atom is -0.321 e. The van der Waals surface area contributed by atoms with Gasteiger partial charge in [-0.15, -0.1) is 22.7 Å². The first-order chi connectivity index (χ1) is 12.7. The Morgan fingerprint density at radius 3 is 2.69 bits per heavy atom. The highest BCUT2D eigenvalue weighted by Gasteiger charge is 2.17. The summed E-state index contributed by atoms with van der Waals surface area (Å²) in [4.78, 5) is 14.2. The van der Waals surface area contributed by atoms with Gasteiger partial charge < -0.3 is 5.32 Å². The summed E-state index contributed by atoms with van der Waals surface area (Å²) in [6.45, 7) is 0. The average Bonchev–Trinajstić information content (AvgIpc) is 3.29. The lowest BCUT2D eigenvalue weighted by Crippen LogP contribution is -2.10. The number of amides is 1. The molecule has 0 aliphatic heterocycles. The molecule has 0 saturated carbocycles. The molecule has 0 radical (unpaired) electrons. The highest BCUT2D eigenvalue weighted by molar-refractivity contribution is 7.21. The fourth-order valence-electron chi connectivity index (χ4n) is 2.51. The molecule has 2 aromatic carbocycles. The van der Waals surface area contributed by atoms with Crippen molar-refractivity contribution in [1.82, 2.24) is 0 Å². The molecule has 2 aromatic heterocycles. The van der Waals surface area contributed by atoms with Crippen molar-refractivity contribution >= 4 is 56.0 Å². The van der Waals surface area contributed by atoms with E-state index in [1.807, 2.05) is 66.0 Å². The van der Waals surface area contributed by atoms with Crippen molar-refractivity contribution in [3.63, 3.8) is 0 Å². The summed E-state index contributed by atoms with van der Waals surface area (Å²) in [5.74, 6) is 6.03. The smallest absolute Gasteiger partial charge is 0.267 e. The van der Waals surface area contributed by atoms with Crippen LogP contribution in [-0.2, 0) is 0 Å². The van der Waals surface area contributed by atoms with Crippen LogP contribution in [0.4, 0.5) is 5.69 Å². The van der Waals surface area contributed by atoms with Gasteiger partial charge in [-0.25, -0.2) is 0 Å². The largest absolute Gasteiger partial charge is 0.321 e. The number of thiophene rings is 2. The number of anilines is 1. The van der Waals surface area contributed by atoms with Crippen LogP contribution >= 0.6 is 34.3 Å². The molecular formula is C21H12ClNOS2. The highest BCUT2D eigenvalue weighted by atomic mass is 35.5. The number of carbonyl (C=O) groups is 1. The Bertz CT molecular complexity index is 1150. The summed E-state index contributed by atoms with van der Waals surface area (Å²) in [7, 11) is 0. The molecule has 0 fully saturated rings. The van der Waals surface area contributed by atoms with E-state index >= 15 is 0 Å². The van der Waals surface area contributed by atoms with Crippen LogP contribution in [0.1, 0.15) is 20.1 Å². The zero-order chi connectivity index (χ0) is 17.9. The molecule has 1 N–H and O–H groups in total. The Hall–Kier alpha value is -2.58. The van der Waals surface area contributed by atoms with E-state index in [-0.39, 0.29) is 5.91 Å². The number of rotatable bonds is 2. The minimum atomic E-state index is -0.209. The third-order valence-corrected chi connectivity index (χ3v) is 6.17. The van der Waals surface area contributed by atoms with E-state index in [2.05, 4.69) is 17.2 Å². The van der Waals surface area contributed by atoms with Gasteiger partial charge in [-0.1, -0.05) is 53.8 Å². The first-order valence-electron chi connectivity index (χ1n) is 7.85. The van der Waals surface area contributed by atoms with Crippen molar-refractivity contribution in [3.05, 3.63) is 86.4 Å². The third kappa shape index (κ3) is 3.51. The maximum atomic E-state index is 12.6. The Labute approximate surface area is 164 Å². The molecule has 0 atom stereocenters. The van der Waals surface area contributed by atoms with Gasteiger partial charge in [0.1, 0.15) is 4.88 Å². The standard InChI is InChI=1S/C21H12ClNOS2/c22-19-17-8-1-2-9-18(17)26-20(19)21(24)23-15-6-3-5-14(13-15)10-11-16-7-4-12-25-16/h1-9,12-13H,(H,23,24). The molecule has 4 rings (SSSR count). The van der Waals surface area contributed by atoms with Gasteiger partial charge in [-0.05, 0) is 35.7 Å². The molecule has 5 heteroatoms. The number of halogens is 1. The van der Waals surface area contributed by atoms with E-state index in [0.29, 0.717) is 15.6 Å². The van der Waals surface area contributed by atoms with Crippen LogP contribution < -0.4 is 5.32 Å². The van der Waals surface area contributed by atoms with Crippen LogP contribution in [0.25, 0.3) is 10.1 Å². The van der Waals surface area contributed by atoms with Gasteiger partial charge in [0.15, 0.2) is 0 Å². The summed E-state index contributed by atoms with van der Waals surface area (Å²) in [5, 5.41) is 6.31. The lowest BCUT2D eigenvalue weighted by Gasteiger charge is -2.04. The molecular weight excluding hydrogens is 382 g/mol. The second-order valence-electron chi connectivity index (χ2n) is 5.50. The monoisotopic (exact) mass is 393 g/mol. The molecule has 26 heavy (non-hydrogen) atoms. The number of hydrogen-bond acceptors (Lipinski definition) is 3. The molecule has 4 aromatic rings. The molecule has 0 aliphatic carbocycles. The van der Waals surface area contributed by atoms with E-state index in [0.717, 1.165) is 20.5 Å². The maximum Gasteiger partial charge on any atom is 0.267 e. The zero-order valence-corrected chi connectivity index (χ0v) is 15.8. The van der Waals surface area contributed by atoms with Gasteiger partial charge in [0.25, 0.3) is 5.91 Å². The van der Waals surface area contributed by atoms with Crippen LogP contribution in [0.15, 0.2) is 66.0 Å². The predicted molar refractivity (Wildman–Crippen MR) is 112 cm³/mol.